The van der Waals surface area contributed by atoms with Crippen molar-refractivity contribution in [3.05, 3.63) is 21.9 Å². The van der Waals surface area contributed by atoms with Crippen LogP contribution in [0, 0.1) is 0 Å². The lowest BCUT2D eigenvalue weighted by molar-refractivity contribution is -0.169. The summed E-state index contributed by atoms with van der Waals surface area (Å²) in [5.41, 5.74) is -1.47. The molecule has 0 saturated heterocycles. The second-order valence-electron chi connectivity index (χ2n) is 6.91. The van der Waals surface area contributed by atoms with Crippen LogP contribution in [0.25, 0.3) is 0 Å². The molecule has 1 aromatic rings. The van der Waals surface area contributed by atoms with E-state index in [-0.39, 0.29) is 15.9 Å². The SMILES string of the molecule is CC(C)(C)OC(=O)C(C(=O)OC(C)(C)C)c1cc(Cl)nnc1Cl. The Balaban J connectivity index is 3.28. The molecule has 1 rings (SSSR count). The highest BCUT2D eigenvalue weighted by Crippen LogP contribution is 2.29. The molecule has 1 heterocycles. The Morgan fingerprint density at radius 1 is 0.957 bits per heavy atom. The van der Waals surface area contributed by atoms with E-state index >= 15 is 0 Å². The van der Waals surface area contributed by atoms with Gasteiger partial charge < -0.3 is 9.47 Å². The van der Waals surface area contributed by atoms with Gasteiger partial charge in [-0.25, -0.2) is 0 Å². The predicted octanol–water partition coefficient (Wildman–Crippen LogP) is 3.55. The third kappa shape index (κ3) is 6.31. The standard InChI is InChI=1S/C15H20Cl2N2O4/c1-14(2,3)22-12(20)10(13(21)23-15(4,5)6)8-7-9(16)18-19-11(8)17/h7,10H,1-6H3. The molecule has 0 atom stereocenters. The Kier molecular flexibility index (Phi) is 5.99. The van der Waals surface area contributed by atoms with E-state index in [1.165, 1.54) is 6.07 Å². The van der Waals surface area contributed by atoms with Gasteiger partial charge in [0.05, 0.1) is 0 Å². The highest BCUT2D eigenvalue weighted by atomic mass is 35.5. The third-order valence-corrected chi connectivity index (χ3v) is 2.82. The molecule has 0 bridgehead atoms. The Morgan fingerprint density at radius 3 is 1.78 bits per heavy atom. The molecule has 8 heteroatoms. The average Bonchev–Trinajstić information content (AvgIpc) is 2.29. The fourth-order valence-electron chi connectivity index (χ4n) is 1.64. The number of ether oxygens (including phenoxy) is 2. The number of carbonyl (C=O) groups is 2. The summed E-state index contributed by atoms with van der Waals surface area (Å²) >= 11 is 11.8. The summed E-state index contributed by atoms with van der Waals surface area (Å²) in [5, 5.41) is 7.08. The first-order valence-corrected chi connectivity index (χ1v) is 7.70. The summed E-state index contributed by atoms with van der Waals surface area (Å²) in [7, 11) is 0. The summed E-state index contributed by atoms with van der Waals surface area (Å²) in [4.78, 5) is 25.0. The minimum absolute atomic E-state index is 0.00140. The van der Waals surface area contributed by atoms with Gasteiger partial charge in [0.1, 0.15) is 11.2 Å². The Bertz CT molecular complexity index is 578. The molecular formula is C15H20Cl2N2O4. The van der Waals surface area contributed by atoms with Crippen LogP contribution in [0.4, 0.5) is 0 Å². The van der Waals surface area contributed by atoms with Gasteiger partial charge in [-0.15, -0.1) is 10.2 Å². The maximum Gasteiger partial charge on any atom is 0.325 e. The van der Waals surface area contributed by atoms with E-state index in [9.17, 15) is 9.59 Å². The summed E-state index contributed by atoms with van der Waals surface area (Å²) in [6.45, 7) is 10.1. The van der Waals surface area contributed by atoms with E-state index in [4.69, 9.17) is 32.7 Å². The Morgan fingerprint density at radius 2 is 1.39 bits per heavy atom. The largest absolute Gasteiger partial charge is 0.459 e. The maximum atomic E-state index is 12.5. The van der Waals surface area contributed by atoms with Crippen LogP contribution in [0.1, 0.15) is 53.0 Å². The molecule has 0 N–H and O–H groups in total. The Labute approximate surface area is 145 Å². The molecule has 0 spiro atoms. The van der Waals surface area contributed by atoms with Crippen molar-refractivity contribution in [2.75, 3.05) is 0 Å². The molecular weight excluding hydrogens is 343 g/mol. The number of aromatic nitrogens is 2. The first-order valence-electron chi connectivity index (χ1n) is 6.94. The topological polar surface area (TPSA) is 78.4 Å². The molecule has 1 aromatic heterocycles. The van der Waals surface area contributed by atoms with Crippen molar-refractivity contribution in [3.63, 3.8) is 0 Å². The van der Waals surface area contributed by atoms with E-state index < -0.39 is 29.1 Å². The second kappa shape index (κ2) is 7.01. The van der Waals surface area contributed by atoms with Crippen LogP contribution in [-0.2, 0) is 19.1 Å². The molecule has 0 saturated carbocycles. The molecule has 0 radical (unpaired) electrons. The highest BCUT2D eigenvalue weighted by molar-refractivity contribution is 6.32. The van der Waals surface area contributed by atoms with Crippen LogP contribution in [0.2, 0.25) is 10.3 Å². The maximum absolute atomic E-state index is 12.5. The fourth-order valence-corrected chi connectivity index (χ4v) is 2.00. The van der Waals surface area contributed by atoms with Crippen molar-refractivity contribution in [3.8, 4) is 0 Å². The van der Waals surface area contributed by atoms with Crippen molar-refractivity contribution < 1.29 is 19.1 Å². The summed E-state index contributed by atoms with van der Waals surface area (Å²) in [6, 6.07) is 1.30. The van der Waals surface area contributed by atoms with E-state index in [1.807, 2.05) is 0 Å². The number of esters is 2. The van der Waals surface area contributed by atoms with Gasteiger partial charge in [0.15, 0.2) is 16.2 Å². The van der Waals surface area contributed by atoms with Crippen LogP contribution in [0.3, 0.4) is 0 Å². The predicted molar refractivity (Wildman–Crippen MR) is 86.5 cm³/mol. The highest BCUT2D eigenvalue weighted by Gasteiger charge is 2.38. The zero-order chi connectivity index (χ0) is 18.0. The summed E-state index contributed by atoms with van der Waals surface area (Å²) < 4.78 is 10.6. The zero-order valence-electron chi connectivity index (χ0n) is 13.9. The van der Waals surface area contributed by atoms with Gasteiger partial charge in [-0.1, -0.05) is 23.2 Å². The van der Waals surface area contributed by atoms with Crippen molar-refractivity contribution >= 4 is 35.1 Å². The van der Waals surface area contributed by atoms with Gasteiger partial charge in [-0.05, 0) is 47.6 Å². The first kappa shape index (κ1) is 19.6. The number of halogens is 2. The van der Waals surface area contributed by atoms with Crippen LogP contribution in [-0.4, -0.2) is 33.3 Å². The zero-order valence-corrected chi connectivity index (χ0v) is 15.4. The van der Waals surface area contributed by atoms with Gasteiger partial charge in [0, 0.05) is 5.56 Å². The molecule has 0 fully saturated rings. The van der Waals surface area contributed by atoms with E-state index in [2.05, 4.69) is 10.2 Å². The summed E-state index contributed by atoms with van der Waals surface area (Å²) in [5.74, 6) is -2.98. The molecule has 128 valence electrons. The van der Waals surface area contributed by atoms with Crippen LogP contribution < -0.4 is 0 Å². The lowest BCUT2D eigenvalue weighted by Crippen LogP contribution is -2.35. The molecule has 0 unspecified atom stereocenters. The third-order valence-electron chi connectivity index (χ3n) is 2.34. The van der Waals surface area contributed by atoms with Gasteiger partial charge in [-0.2, -0.15) is 0 Å². The van der Waals surface area contributed by atoms with Crippen molar-refractivity contribution in [2.24, 2.45) is 0 Å². The van der Waals surface area contributed by atoms with E-state index in [0.717, 1.165) is 0 Å². The Hall–Kier alpha value is -1.40. The van der Waals surface area contributed by atoms with Gasteiger partial charge in [0.25, 0.3) is 0 Å². The van der Waals surface area contributed by atoms with Crippen molar-refractivity contribution in [1.82, 2.24) is 10.2 Å². The molecule has 0 aliphatic heterocycles. The smallest absolute Gasteiger partial charge is 0.325 e. The molecule has 0 amide bonds. The van der Waals surface area contributed by atoms with Gasteiger partial charge in [0.2, 0.25) is 0 Å². The number of rotatable bonds is 3. The minimum atomic E-state index is -1.39. The van der Waals surface area contributed by atoms with Crippen molar-refractivity contribution in [1.29, 1.82) is 0 Å². The van der Waals surface area contributed by atoms with E-state index in [0.29, 0.717) is 0 Å². The molecule has 23 heavy (non-hydrogen) atoms. The number of hydrogen-bond acceptors (Lipinski definition) is 6. The van der Waals surface area contributed by atoms with Gasteiger partial charge >= 0.3 is 11.9 Å². The number of carbonyl (C=O) groups excluding carboxylic acids is 2. The van der Waals surface area contributed by atoms with Crippen LogP contribution in [0.15, 0.2) is 6.07 Å². The van der Waals surface area contributed by atoms with Crippen molar-refractivity contribution in [2.45, 2.75) is 58.7 Å². The fraction of sp³-hybridized carbons (Fsp3) is 0.600. The van der Waals surface area contributed by atoms with Crippen LogP contribution >= 0.6 is 23.2 Å². The second-order valence-corrected chi connectivity index (χ2v) is 7.66. The normalized spacial score (nSPS) is 12.2. The quantitative estimate of drug-likeness (QED) is 0.604. The number of hydrogen-bond donors (Lipinski definition) is 0. The average molecular weight is 363 g/mol. The molecule has 6 nitrogen and oxygen atoms in total. The van der Waals surface area contributed by atoms with E-state index in [1.54, 1.807) is 41.5 Å². The van der Waals surface area contributed by atoms with Crippen LogP contribution in [0.5, 0.6) is 0 Å². The molecule has 0 aliphatic rings. The summed E-state index contributed by atoms with van der Waals surface area (Å²) in [6.07, 6.45) is 0. The lowest BCUT2D eigenvalue weighted by atomic mass is 10.0. The molecule has 0 aliphatic carbocycles. The minimum Gasteiger partial charge on any atom is -0.459 e. The number of nitrogens with zero attached hydrogens (tertiary/aromatic N) is 2. The monoisotopic (exact) mass is 362 g/mol. The lowest BCUT2D eigenvalue weighted by Gasteiger charge is -2.26. The van der Waals surface area contributed by atoms with Gasteiger partial charge in [-0.3, -0.25) is 9.59 Å². The first-order chi connectivity index (χ1) is 10.3. The molecule has 0 aromatic carbocycles.